The van der Waals surface area contributed by atoms with E-state index in [0.717, 1.165) is 5.69 Å². The van der Waals surface area contributed by atoms with Crippen LogP contribution in [-0.2, 0) is 0 Å². The molecule has 25 heavy (non-hydrogen) atoms. The summed E-state index contributed by atoms with van der Waals surface area (Å²) in [5, 5.41) is 15.6. The Bertz CT molecular complexity index is 1090. The molecule has 0 unspecified atom stereocenters. The third-order valence-electron chi connectivity index (χ3n) is 3.27. The molecule has 0 saturated carbocycles. The fraction of sp³-hybridized carbons (Fsp3) is 0.0625. The molecule has 0 spiro atoms. The lowest BCUT2D eigenvalue weighted by Crippen LogP contribution is -2.13. The molecule has 2 aromatic heterocycles. The number of H-pyrrole nitrogens is 2. The van der Waals surface area contributed by atoms with Crippen LogP contribution in [0, 0.1) is 23.0 Å². The summed E-state index contributed by atoms with van der Waals surface area (Å²) in [5.74, 6) is 0. The Morgan fingerprint density at radius 3 is 2.80 bits per heavy atom. The second kappa shape index (κ2) is 7.21. The van der Waals surface area contributed by atoms with Crippen LogP contribution >= 0.6 is 23.6 Å². The zero-order valence-electron chi connectivity index (χ0n) is 13.0. The van der Waals surface area contributed by atoms with E-state index in [9.17, 15) is 10.1 Å². The lowest BCUT2D eigenvalue weighted by atomic mass is 10.2. The van der Waals surface area contributed by atoms with Gasteiger partial charge in [0.2, 0.25) is 0 Å². The number of aryl methyl sites for hydroxylation is 1. The van der Waals surface area contributed by atoms with Crippen molar-refractivity contribution in [3.63, 3.8) is 0 Å². The summed E-state index contributed by atoms with van der Waals surface area (Å²) >= 11 is 6.20. The first-order chi connectivity index (χ1) is 12.1. The van der Waals surface area contributed by atoms with E-state index in [4.69, 9.17) is 12.2 Å². The molecule has 124 valence electrons. The Balaban J connectivity index is 1.94. The first-order valence-electron chi connectivity index (χ1n) is 7.17. The number of anilines is 1. The summed E-state index contributed by atoms with van der Waals surface area (Å²) in [6.07, 6.45) is 0. The highest BCUT2D eigenvalue weighted by atomic mass is 32.1. The van der Waals surface area contributed by atoms with Gasteiger partial charge in [0, 0.05) is 11.1 Å². The van der Waals surface area contributed by atoms with E-state index < -0.39 is 0 Å². The molecule has 3 aromatic rings. The predicted molar refractivity (Wildman–Crippen MR) is 100 cm³/mol. The van der Waals surface area contributed by atoms with Crippen molar-refractivity contribution in [2.75, 3.05) is 5.43 Å². The number of hydrazone groups is 1. The van der Waals surface area contributed by atoms with Gasteiger partial charge in [-0.3, -0.25) is 15.2 Å². The van der Waals surface area contributed by atoms with E-state index in [1.165, 1.54) is 11.3 Å². The molecule has 7 nitrogen and oxygen atoms in total. The first-order valence-corrected chi connectivity index (χ1v) is 8.45. The molecular formula is C16H12N6OS2. The minimum atomic E-state index is -0.319. The number of hydrogen-bond acceptors (Lipinski definition) is 7. The van der Waals surface area contributed by atoms with E-state index in [2.05, 4.69) is 25.5 Å². The molecule has 0 aliphatic rings. The zero-order valence-corrected chi connectivity index (χ0v) is 14.7. The summed E-state index contributed by atoms with van der Waals surface area (Å²) in [5.41, 5.74) is 4.80. The highest BCUT2D eigenvalue weighted by Crippen LogP contribution is 2.23. The number of nitrogens with zero attached hydrogens (tertiary/aromatic N) is 3. The van der Waals surface area contributed by atoms with Gasteiger partial charge in [-0.1, -0.05) is 18.2 Å². The maximum Gasteiger partial charge on any atom is 0.262 e. The lowest BCUT2D eigenvalue weighted by molar-refractivity contribution is 1.04. The summed E-state index contributed by atoms with van der Waals surface area (Å²) in [6, 6.07) is 11.3. The van der Waals surface area contributed by atoms with E-state index >= 15 is 0 Å². The molecule has 0 amide bonds. The molecule has 9 heteroatoms. The maximum absolute atomic E-state index is 12.1. The molecule has 0 aliphatic heterocycles. The van der Waals surface area contributed by atoms with Gasteiger partial charge in [0.15, 0.2) is 10.5 Å². The quantitative estimate of drug-likeness (QED) is 0.372. The van der Waals surface area contributed by atoms with Gasteiger partial charge in [0.25, 0.3) is 5.56 Å². The van der Waals surface area contributed by atoms with Gasteiger partial charge < -0.3 is 4.98 Å². The van der Waals surface area contributed by atoms with E-state index in [-0.39, 0.29) is 16.0 Å². The molecule has 0 radical (unpaired) electrons. The number of thiazole rings is 1. The number of aromatic amines is 2. The topological polar surface area (TPSA) is 110 Å². The number of aromatic nitrogens is 3. The Morgan fingerprint density at radius 1 is 1.36 bits per heavy atom. The third kappa shape index (κ3) is 3.71. The van der Waals surface area contributed by atoms with Crippen LogP contribution in [0.15, 0.2) is 45.6 Å². The average Bonchev–Trinajstić information content (AvgIpc) is 3.05. The average molecular weight is 368 g/mol. The summed E-state index contributed by atoms with van der Waals surface area (Å²) in [6.45, 7) is 1.75. The van der Waals surface area contributed by atoms with Gasteiger partial charge in [-0.05, 0) is 31.3 Å². The van der Waals surface area contributed by atoms with Crippen LogP contribution in [-0.4, -0.2) is 20.7 Å². The van der Waals surface area contributed by atoms with Crippen molar-refractivity contribution < 1.29 is 0 Å². The van der Waals surface area contributed by atoms with Crippen molar-refractivity contribution in [3.8, 4) is 16.6 Å². The van der Waals surface area contributed by atoms with Crippen LogP contribution in [0.2, 0.25) is 0 Å². The van der Waals surface area contributed by atoms with Gasteiger partial charge in [0.1, 0.15) is 16.8 Å². The third-order valence-corrected chi connectivity index (χ3v) is 4.33. The van der Waals surface area contributed by atoms with Crippen LogP contribution in [0.5, 0.6) is 0 Å². The Kier molecular flexibility index (Phi) is 4.83. The number of rotatable bonds is 4. The lowest BCUT2D eigenvalue weighted by Gasteiger charge is -2.01. The molecule has 2 heterocycles. The fourth-order valence-corrected chi connectivity index (χ4v) is 3.28. The largest absolute Gasteiger partial charge is 0.335 e. The standard InChI is InChI=1S/C16H12N6OS2/c1-9-13(14(23)20-16(24)18-9)15-19-12(8-25-15)11(7-17)22-21-10-5-3-2-4-6-10/h2-6,8,21H,1H3,(H2,18,20,23,24)/b22-11+. The number of benzene rings is 1. The van der Waals surface area contributed by atoms with Crippen LogP contribution < -0.4 is 11.0 Å². The molecule has 3 rings (SSSR count). The zero-order chi connectivity index (χ0) is 17.8. The maximum atomic E-state index is 12.1. The van der Waals surface area contributed by atoms with Crippen molar-refractivity contribution in [2.24, 2.45) is 5.10 Å². The molecule has 0 atom stereocenters. The van der Waals surface area contributed by atoms with Crippen molar-refractivity contribution in [2.45, 2.75) is 6.92 Å². The van der Waals surface area contributed by atoms with Crippen molar-refractivity contribution in [1.29, 1.82) is 5.26 Å². The molecule has 0 saturated heterocycles. The van der Waals surface area contributed by atoms with E-state index in [1.54, 1.807) is 12.3 Å². The predicted octanol–water partition coefficient (Wildman–Crippen LogP) is 3.20. The van der Waals surface area contributed by atoms with Gasteiger partial charge in [-0.25, -0.2) is 4.98 Å². The Labute approximate surface area is 151 Å². The number of nitriles is 1. The molecule has 3 N–H and O–H groups in total. The summed E-state index contributed by atoms with van der Waals surface area (Å²) < 4.78 is 0.259. The minimum absolute atomic E-state index is 0.129. The highest BCUT2D eigenvalue weighted by molar-refractivity contribution is 7.71. The van der Waals surface area contributed by atoms with Crippen LogP contribution in [0.1, 0.15) is 11.4 Å². The van der Waals surface area contributed by atoms with E-state index in [0.29, 0.717) is 22.0 Å². The molecule has 1 aromatic carbocycles. The van der Waals surface area contributed by atoms with Gasteiger partial charge >= 0.3 is 0 Å². The summed E-state index contributed by atoms with van der Waals surface area (Å²) in [4.78, 5) is 21.9. The van der Waals surface area contributed by atoms with Crippen LogP contribution in [0.4, 0.5) is 5.69 Å². The number of nitrogens with one attached hydrogen (secondary N) is 3. The molecular weight excluding hydrogens is 356 g/mol. The minimum Gasteiger partial charge on any atom is -0.335 e. The number of para-hydroxylation sites is 1. The van der Waals surface area contributed by atoms with Gasteiger partial charge in [0.05, 0.1) is 11.3 Å². The second-order valence-corrected chi connectivity index (χ2v) is 6.26. The van der Waals surface area contributed by atoms with Gasteiger partial charge in [-0.2, -0.15) is 10.4 Å². The second-order valence-electron chi connectivity index (χ2n) is 5.00. The molecule has 0 bridgehead atoms. The fourth-order valence-electron chi connectivity index (χ4n) is 2.13. The highest BCUT2D eigenvalue weighted by Gasteiger charge is 2.15. The smallest absolute Gasteiger partial charge is 0.262 e. The summed E-state index contributed by atoms with van der Waals surface area (Å²) in [7, 11) is 0. The van der Waals surface area contributed by atoms with E-state index in [1.807, 2.05) is 36.4 Å². The SMILES string of the molecule is Cc1[nH]c(=S)[nH]c(=O)c1-c1nc(/C(C#N)=N/Nc2ccccc2)cs1. The van der Waals surface area contributed by atoms with Crippen molar-refractivity contribution in [3.05, 3.63) is 62.2 Å². The monoisotopic (exact) mass is 368 g/mol. The normalized spacial score (nSPS) is 11.1. The Morgan fingerprint density at radius 2 is 2.12 bits per heavy atom. The number of hydrogen-bond donors (Lipinski definition) is 3. The van der Waals surface area contributed by atoms with Crippen molar-refractivity contribution in [1.82, 2.24) is 15.0 Å². The Hall–Kier alpha value is -3.09. The van der Waals surface area contributed by atoms with Crippen LogP contribution in [0.3, 0.4) is 0 Å². The van der Waals surface area contributed by atoms with Gasteiger partial charge in [-0.15, -0.1) is 11.3 Å². The van der Waals surface area contributed by atoms with Crippen molar-refractivity contribution >= 4 is 35.0 Å². The first kappa shape index (κ1) is 16.8. The van der Waals surface area contributed by atoms with Crippen LogP contribution in [0.25, 0.3) is 10.6 Å². The molecule has 0 fully saturated rings. The molecule has 0 aliphatic carbocycles.